The molecular weight excluding hydrogens is 222 g/mol. The molecule has 0 bridgehead atoms. The average Bonchev–Trinajstić information content (AvgIpc) is 2.29. The summed E-state index contributed by atoms with van der Waals surface area (Å²) in [6, 6.07) is 5.62. The molecule has 3 heteroatoms. The predicted molar refractivity (Wildman–Crippen MR) is 62.7 cm³/mol. The standard InChI is InChI=1S/C14H12F2O/c1-10-5-6-13(14(16,8-10)9-17)11-3-2-4-12(15)7-11/h2-7,9H,8H2,1H3. The lowest BCUT2D eigenvalue weighted by Gasteiger charge is -2.26. The molecule has 1 aromatic rings. The van der Waals surface area contributed by atoms with Gasteiger partial charge >= 0.3 is 0 Å². The maximum Gasteiger partial charge on any atom is 0.194 e. The van der Waals surface area contributed by atoms with Gasteiger partial charge in [0.25, 0.3) is 0 Å². The highest BCUT2D eigenvalue weighted by atomic mass is 19.1. The predicted octanol–water partition coefficient (Wildman–Crippen LogP) is 3.47. The largest absolute Gasteiger partial charge is 0.299 e. The molecule has 17 heavy (non-hydrogen) atoms. The summed E-state index contributed by atoms with van der Waals surface area (Å²) in [6.07, 6.45) is 3.61. The second kappa shape index (κ2) is 4.24. The van der Waals surface area contributed by atoms with E-state index in [1.165, 1.54) is 18.2 Å². The molecule has 0 saturated carbocycles. The van der Waals surface area contributed by atoms with Crippen molar-refractivity contribution < 1.29 is 13.6 Å². The second-order valence-corrected chi connectivity index (χ2v) is 4.26. The Labute approximate surface area is 98.5 Å². The van der Waals surface area contributed by atoms with E-state index in [1.807, 2.05) is 0 Å². The summed E-state index contributed by atoms with van der Waals surface area (Å²) in [6.45, 7) is 1.76. The van der Waals surface area contributed by atoms with Crippen molar-refractivity contribution in [3.8, 4) is 0 Å². The van der Waals surface area contributed by atoms with Gasteiger partial charge in [0.2, 0.25) is 0 Å². The Balaban J connectivity index is 2.52. The third kappa shape index (κ3) is 2.18. The van der Waals surface area contributed by atoms with E-state index in [-0.39, 0.29) is 12.0 Å². The number of carbonyl (C=O) groups excluding carboxylic acids is 1. The fraction of sp³-hybridized carbons (Fsp3) is 0.214. The number of hydrogen-bond acceptors (Lipinski definition) is 1. The lowest BCUT2D eigenvalue weighted by Crippen LogP contribution is -2.28. The highest BCUT2D eigenvalue weighted by Gasteiger charge is 2.36. The summed E-state index contributed by atoms with van der Waals surface area (Å²) >= 11 is 0. The van der Waals surface area contributed by atoms with Crippen LogP contribution in [0.4, 0.5) is 8.78 Å². The van der Waals surface area contributed by atoms with Crippen LogP contribution in [-0.2, 0) is 4.79 Å². The maximum atomic E-state index is 14.4. The molecule has 1 nitrogen and oxygen atoms in total. The first kappa shape index (κ1) is 11.7. The molecule has 0 aliphatic heterocycles. The van der Waals surface area contributed by atoms with Gasteiger partial charge in [0.1, 0.15) is 5.82 Å². The van der Waals surface area contributed by atoms with E-state index >= 15 is 0 Å². The van der Waals surface area contributed by atoms with Crippen LogP contribution in [0.2, 0.25) is 0 Å². The third-order valence-electron chi connectivity index (χ3n) is 2.84. The van der Waals surface area contributed by atoms with Gasteiger partial charge in [-0.25, -0.2) is 8.78 Å². The molecule has 88 valence electrons. The van der Waals surface area contributed by atoms with E-state index in [0.29, 0.717) is 11.8 Å². The lowest BCUT2D eigenvalue weighted by molar-refractivity contribution is -0.114. The Morgan fingerprint density at radius 3 is 2.76 bits per heavy atom. The Morgan fingerprint density at radius 2 is 2.12 bits per heavy atom. The van der Waals surface area contributed by atoms with Crippen molar-refractivity contribution in [2.75, 3.05) is 0 Å². The van der Waals surface area contributed by atoms with Crippen LogP contribution in [0.15, 0.2) is 42.0 Å². The Hall–Kier alpha value is -1.77. The van der Waals surface area contributed by atoms with E-state index in [9.17, 15) is 13.6 Å². The number of aldehydes is 1. The van der Waals surface area contributed by atoms with Gasteiger partial charge in [0.05, 0.1) is 0 Å². The van der Waals surface area contributed by atoms with Crippen LogP contribution in [0.1, 0.15) is 18.9 Å². The van der Waals surface area contributed by atoms with Crippen LogP contribution in [0.3, 0.4) is 0 Å². The Bertz CT molecular complexity index is 517. The summed E-state index contributed by atoms with van der Waals surface area (Å²) in [5.41, 5.74) is -0.632. The smallest absolute Gasteiger partial charge is 0.194 e. The fourth-order valence-corrected chi connectivity index (χ4v) is 2.02. The summed E-state index contributed by atoms with van der Waals surface area (Å²) < 4.78 is 27.5. The van der Waals surface area contributed by atoms with Crippen LogP contribution < -0.4 is 0 Å². The van der Waals surface area contributed by atoms with E-state index < -0.39 is 11.5 Å². The minimum Gasteiger partial charge on any atom is -0.299 e. The summed E-state index contributed by atoms with van der Waals surface area (Å²) in [7, 11) is 0. The van der Waals surface area contributed by atoms with E-state index in [4.69, 9.17) is 0 Å². The molecule has 0 radical (unpaired) electrons. The summed E-state index contributed by atoms with van der Waals surface area (Å²) in [4.78, 5) is 11.0. The highest BCUT2D eigenvalue weighted by molar-refractivity contribution is 5.90. The van der Waals surface area contributed by atoms with E-state index in [2.05, 4.69) is 0 Å². The van der Waals surface area contributed by atoms with Gasteiger partial charge in [-0.05, 0) is 24.6 Å². The highest BCUT2D eigenvalue weighted by Crippen LogP contribution is 2.37. The minimum absolute atomic E-state index is 0.0266. The van der Waals surface area contributed by atoms with Gasteiger partial charge in [-0.15, -0.1) is 0 Å². The van der Waals surface area contributed by atoms with Crippen molar-refractivity contribution in [1.29, 1.82) is 0 Å². The van der Waals surface area contributed by atoms with Crippen LogP contribution in [0.5, 0.6) is 0 Å². The molecule has 1 aliphatic rings. The molecule has 0 N–H and O–H groups in total. The second-order valence-electron chi connectivity index (χ2n) is 4.26. The van der Waals surface area contributed by atoms with Gasteiger partial charge in [-0.1, -0.05) is 29.9 Å². The summed E-state index contributed by atoms with van der Waals surface area (Å²) in [5.74, 6) is -0.442. The summed E-state index contributed by atoms with van der Waals surface area (Å²) in [5, 5.41) is 0. The first-order valence-corrected chi connectivity index (χ1v) is 5.34. The number of allylic oxidation sites excluding steroid dienone is 4. The molecule has 2 rings (SSSR count). The average molecular weight is 234 g/mol. The monoisotopic (exact) mass is 234 g/mol. The molecule has 1 aliphatic carbocycles. The molecule has 0 fully saturated rings. The van der Waals surface area contributed by atoms with Gasteiger partial charge in [0.15, 0.2) is 12.0 Å². The molecule has 0 amide bonds. The van der Waals surface area contributed by atoms with Crippen LogP contribution in [0, 0.1) is 5.82 Å². The number of halogens is 2. The molecule has 1 aromatic carbocycles. The van der Waals surface area contributed by atoms with Crippen molar-refractivity contribution >= 4 is 11.9 Å². The molecule has 0 saturated heterocycles. The van der Waals surface area contributed by atoms with E-state index in [1.54, 1.807) is 25.1 Å². The van der Waals surface area contributed by atoms with Crippen molar-refractivity contribution in [3.05, 3.63) is 53.4 Å². The van der Waals surface area contributed by atoms with Crippen molar-refractivity contribution in [3.63, 3.8) is 0 Å². The van der Waals surface area contributed by atoms with E-state index in [0.717, 1.165) is 5.57 Å². The van der Waals surface area contributed by atoms with Crippen LogP contribution >= 0.6 is 0 Å². The first-order valence-electron chi connectivity index (χ1n) is 5.34. The zero-order valence-corrected chi connectivity index (χ0v) is 9.41. The Kier molecular flexibility index (Phi) is 2.92. The number of carbonyl (C=O) groups is 1. The molecule has 1 unspecified atom stereocenters. The van der Waals surface area contributed by atoms with Crippen molar-refractivity contribution in [1.82, 2.24) is 0 Å². The van der Waals surface area contributed by atoms with Crippen LogP contribution in [0.25, 0.3) is 5.57 Å². The van der Waals surface area contributed by atoms with Gasteiger partial charge in [0, 0.05) is 12.0 Å². The normalized spacial score (nSPS) is 23.9. The number of alkyl halides is 1. The SMILES string of the molecule is CC1=CC=C(c2cccc(F)c2)C(F)(C=O)C1. The zero-order valence-electron chi connectivity index (χ0n) is 9.41. The van der Waals surface area contributed by atoms with Gasteiger partial charge in [-0.3, -0.25) is 4.79 Å². The van der Waals surface area contributed by atoms with Crippen molar-refractivity contribution in [2.45, 2.75) is 19.0 Å². The van der Waals surface area contributed by atoms with Crippen molar-refractivity contribution in [2.24, 2.45) is 0 Å². The number of rotatable bonds is 2. The quantitative estimate of drug-likeness (QED) is 0.716. The molecule has 0 spiro atoms. The zero-order chi connectivity index (χ0) is 12.5. The molecule has 1 atom stereocenters. The maximum absolute atomic E-state index is 14.4. The number of benzene rings is 1. The number of hydrogen-bond donors (Lipinski definition) is 0. The Morgan fingerprint density at radius 1 is 1.35 bits per heavy atom. The molecular formula is C14H12F2O. The third-order valence-corrected chi connectivity index (χ3v) is 2.84. The fourth-order valence-electron chi connectivity index (χ4n) is 2.02. The van der Waals surface area contributed by atoms with Crippen LogP contribution in [-0.4, -0.2) is 12.0 Å². The first-order chi connectivity index (χ1) is 8.05. The topological polar surface area (TPSA) is 17.1 Å². The lowest BCUT2D eigenvalue weighted by atomic mass is 9.82. The van der Waals surface area contributed by atoms with Gasteiger partial charge < -0.3 is 0 Å². The van der Waals surface area contributed by atoms with Gasteiger partial charge in [-0.2, -0.15) is 0 Å². The molecule has 0 aromatic heterocycles. The molecule has 0 heterocycles. The minimum atomic E-state index is -2.05.